The first-order valence-electron chi connectivity index (χ1n) is 5.04. The van der Waals surface area contributed by atoms with Gasteiger partial charge in [0.2, 0.25) is 0 Å². The van der Waals surface area contributed by atoms with Gasteiger partial charge in [0.1, 0.15) is 0 Å². The lowest BCUT2D eigenvalue weighted by atomic mass is 10.2. The zero-order chi connectivity index (χ0) is 11.3. The number of rotatable bonds is 3. The third kappa shape index (κ3) is 2.18. The minimum Gasteiger partial charge on any atom is -0.355 e. The van der Waals surface area contributed by atoms with E-state index in [9.17, 15) is 0 Å². The summed E-state index contributed by atoms with van der Waals surface area (Å²) in [5.41, 5.74) is 2.23. The second kappa shape index (κ2) is 5.20. The van der Waals surface area contributed by atoms with Gasteiger partial charge in [-0.2, -0.15) is 0 Å². The normalized spacial score (nSPS) is 13.7. The molecule has 1 N–H and O–H groups in total. The number of hydrogen-bond acceptors (Lipinski definition) is 0. The van der Waals surface area contributed by atoms with Crippen molar-refractivity contribution in [2.45, 2.75) is 13.8 Å². The van der Waals surface area contributed by atoms with E-state index in [1.54, 1.807) is 6.08 Å². The topological polar surface area (TPSA) is 15.8 Å². The fraction of sp³-hybridized carbons (Fsp3) is 0.143. The smallest absolute Gasteiger partial charge is 0.0461 e. The Kier molecular flexibility index (Phi) is 3.92. The van der Waals surface area contributed by atoms with Gasteiger partial charge in [-0.1, -0.05) is 37.5 Å². The van der Waals surface area contributed by atoms with Gasteiger partial charge >= 0.3 is 0 Å². The van der Waals surface area contributed by atoms with Crippen molar-refractivity contribution in [2.75, 3.05) is 0 Å². The van der Waals surface area contributed by atoms with E-state index in [0.717, 1.165) is 16.6 Å². The zero-order valence-electron chi connectivity index (χ0n) is 9.38. The summed E-state index contributed by atoms with van der Waals surface area (Å²) < 4.78 is 0. The molecule has 0 atom stereocenters. The molecule has 0 saturated carbocycles. The van der Waals surface area contributed by atoms with Gasteiger partial charge in [-0.25, -0.2) is 0 Å². The van der Waals surface area contributed by atoms with Crippen LogP contribution in [0.2, 0.25) is 0 Å². The molecule has 1 heterocycles. The van der Waals surface area contributed by atoms with Crippen molar-refractivity contribution < 1.29 is 0 Å². The third-order valence-corrected chi connectivity index (χ3v) is 2.25. The quantitative estimate of drug-likeness (QED) is 0.769. The summed E-state index contributed by atoms with van der Waals surface area (Å²) in [6.45, 7) is 11.6. The molecule has 0 aliphatic heterocycles. The average Bonchev–Trinajstić information content (AvgIpc) is 2.56. The Hall–Kier alpha value is -1.76. The van der Waals surface area contributed by atoms with Crippen LogP contribution < -0.4 is 10.6 Å². The molecule has 0 saturated heterocycles. The van der Waals surface area contributed by atoms with E-state index in [-0.39, 0.29) is 0 Å². The van der Waals surface area contributed by atoms with Crippen molar-refractivity contribution in [1.29, 1.82) is 0 Å². The van der Waals surface area contributed by atoms with Crippen molar-refractivity contribution in [3.05, 3.63) is 47.1 Å². The van der Waals surface area contributed by atoms with Crippen LogP contribution in [0.3, 0.4) is 0 Å². The van der Waals surface area contributed by atoms with Crippen LogP contribution in [0.25, 0.3) is 24.3 Å². The summed E-state index contributed by atoms with van der Waals surface area (Å²) in [6, 6.07) is 0. The second-order valence-corrected chi connectivity index (χ2v) is 3.17. The Morgan fingerprint density at radius 1 is 1.20 bits per heavy atom. The maximum absolute atomic E-state index is 3.84. The minimum atomic E-state index is 1.08. The maximum Gasteiger partial charge on any atom is 0.0461 e. The van der Waals surface area contributed by atoms with Gasteiger partial charge in [0.25, 0.3) is 0 Å². The van der Waals surface area contributed by atoms with Gasteiger partial charge in [0.05, 0.1) is 0 Å². The Labute approximate surface area is 90.8 Å². The molecule has 0 spiro atoms. The van der Waals surface area contributed by atoms with Crippen molar-refractivity contribution in [3.63, 3.8) is 0 Å². The molecule has 1 nitrogen and oxygen atoms in total. The Balaban J connectivity index is 3.67. The molecule has 1 aromatic rings. The summed E-state index contributed by atoms with van der Waals surface area (Å²) in [4.78, 5) is 3.34. The number of allylic oxidation sites excluding steroid dienone is 2. The number of hydrogen-bond donors (Lipinski definition) is 1. The highest BCUT2D eigenvalue weighted by Crippen LogP contribution is 2.02. The molecule has 15 heavy (non-hydrogen) atoms. The summed E-state index contributed by atoms with van der Waals surface area (Å²) >= 11 is 0. The second-order valence-electron chi connectivity index (χ2n) is 3.17. The van der Waals surface area contributed by atoms with E-state index in [1.807, 2.05) is 38.2 Å². The van der Waals surface area contributed by atoms with Gasteiger partial charge in [0, 0.05) is 21.8 Å². The molecule has 0 aromatic carbocycles. The SMILES string of the molecule is C=C/C=c1/[nH]c(/C=C\C)c(C=C)/c1=C/C. The molecule has 0 radical (unpaired) electrons. The van der Waals surface area contributed by atoms with Crippen LogP contribution in [0.5, 0.6) is 0 Å². The molecule has 1 aromatic heterocycles. The number of aromatic amines is 1. The first-order chi connectivity index (χ1) is 7.28. The predicted octanol–water partition coefficient (Wildman–Crippen LogP) is 2.46. The Morgan fingerprint density at radius 2 is 1.93 bits per heavy atom. The molecule has 0 fully saturated rings. The van der Waals surface area contributed by atoms with Crippen LogP contribution in [0.4, 0.5) is 0 Å². The van der Waals surface area contributed by atoms with Gasteiger partial charge < -0.3 is 4.98 Å². The summed E-state index contributed by atoms with van der Waals surface area (Å²) in [5.74, 6) is 0. The van der Waals surface area contributed by atoms with Crippen LogP contribution in [-0.2, 0) is 0 Å². The highest BCUT2D eigenvalue weighted by molar-refractivity contribution is 5.64. The largest absolute Gasteiger partial charge is 0.355 e. The highest BCUT2D eigenvalue weighted by Gasteiger charge is 2.00. The average molecular weight is 199 g/mol. The van der Waals surface area contributed by atoms with Gasteiger partial charge in [0.15, 0.2) is 0 Å². The third-order valence-electron chi connectivity index (χ3n) is 2.25. The van der Waals surface area contributed by atoms with E-state index < -0.39 is 0 Å². The molecule has 78 valence electrons. The molecule has 1 heteroatoms. The first-order valence-corrected chi connectivity index (χ1v) is 5.04. The van der Waals surface area contributed by atoms with E-state index in [1.165, 1.54) is 5.22 Å². The fourth-order valence-electron chi connectivity index (χ4n) is 1.65. The Morgan fingerprint density at radius 3 is 2.40 bits per heavy atom. The highest BCUT2D eigenvalue weighted by atomic mass is 14.7. The van der Waals surface area contributed by atoms with Crippen LogP contribution in [0.1, 0.15) is 25.1 Å². The predicted molar refractivity (Wildman–Crippen MR) is 69.6 cm³/mol. The standard InChI is InChI=1S/C14H17N/c1-5-9-13-11(7-3)12(8-4)14(15-13)10-6-2/h5-10,15H,1,4H2,2-3H3/b10-6-,11-7-,13-9+. The molecular weight excluding hydrogens is 182 g/mol. The van der Waals surface area contributed by atoms with Gasteiger partial charge in [-0.3, -0.25) is 0 Å². The van der Waals surface area contributed by atoms with Gasteiger partial charge in [-0.15, -0.1) is 0 Å². The van der Waals surface area contributed by atoms with E-state index in [0.29, 0.717) is 0 Å². The lowest BCUT2D eigenvalue weighted by Gasteiger charge is -1.89. The van der Waals surface area contributed by atoms with Crippen LogP contribution in [0, 0.1) is 0 Å². The summed E-state index contributed by atoms with van der Waals surface area (Å²) in [5, 5.41) is 2.26. The molecule has 0 bridgehead atoms. The van der Waals surface area contributed by atoms with Crippen molar-refractivity contribution in [3.8, 4) is 0 Å². The molecule has 0 unspecified atom stereocenters. The molecule has 0 amide bonds. The van der Waals surface area contributed by atoms with Crippen LogP contribution >= 0.6 is 0 Å². The number of H-pyrrole nitrogens is 1. The Bertz CT molecular complexity index is 498. The number of nitrogens with one attached hydrogen (secondary N) is 1. The van der Waals surface area contributed by atoms with E-state index >= 15 is 0 Å². The minimum absolute atomic E-state index is 1.08. The fourth-order valence-corrected chi connectivity index (χ4v) is 1.65. The van der Waals surface area contributed by atoms with Crippen molar-refractivity contribution >= 4 is 24.3 Å². The lowest BCUT2D eigenvalue weighted by molar-refractivity contribution is 1.29. The lowest BCUT2D eigenvalue weighted by Crippen LogP contribution is -2.23. The number of aromatic nitrogens is 1. The maximum atomic E-state index is 3.84. The van der Waals surface area contributed by atoms with Crippen LogP contribution in [-0.4, -0.2) is 4.98 Å². The van der Waals surface area contributed by atoms with Gasteiger partial charge in [-0.05, 0) is 26.0 Å². The molecular formula is C14H17N. The summed E-state index contributed by atoms with van der Waals surface area (Å²) in [6.07, 6.45) is 11.8. The monoisotopic (exact) mass is 199 g/mol. The molecule has 0 aliphatic rings. The zero-order valence-corrected chi connectivity index (χ0v) is 9.38. The molecule has 1 rings (SSSR count). The van der Waals surface area contributed by atoms with Crippen molar-refractivity contribution in [1.82, 2.24) is 4.98 Å². The van der Waals surface area contributed by atoms with E-state index in [2.05, 4.69) is 24.2 Å². The van der Waals surface area contributed by atoms with E-state index in [4.69, 9.17) is 0 Å². The van der Waals surface area contributed by atoms with Crippen molar-refractivity contribution in [2.24, 2.45) is 0 Å². The summed E-state index contributed by atoms with van der Waals surface area (Å²) in [7, 11) is 0. The first kappa shape index (κ1) is 11.3. The van der Waals surface area contributed by atoms with Crippen LogP contribution in [0.15, 0.2) is 25.3 Å². The molecule has 0 aliphatic carbocycles.